The maximum absolute atomic E-state index is 13.1. The van der Waals surface area contributed by atoms with Gasteiger partial charge in [-0.05, 0) is 60.5 Å². The van der Waals surface area contributed by atoms with Crippen LogP contribution in [0.15, 0.2) is 53.4 Å². The monoisotopic (exact) mass is 474 g/mol. The molecule has 3 rings (SSSR count). The Kier molecular flexibility index (Phi) is 7.12. The van der Waals surface area contributed by atoms with Crippen molar-refractivity contribution in [1.82, 2.24) is 15.1 Å². The average molecular weight is 475 g/mol. The van der Waals surface area contributed by atoms with E-state index in [2.05, 4.69) is 15.1 Å². The van der Waals surface area contributed by atoms with Crippen molar-refractivity contribution >= 4 is 27.6 Å². The van der Waals surface area contributed by atoms with Gasteiger partial charge in [0.15, 0.2) is 0 Å². The number of sulfonamides is 1. The molecule has 0 fully saturated rings. The number of rotatable bonds is 8. The normalized spacial score (nSPS) is 11.2. The van der Waals surface area contributed by atoms with E-state index in [1.807, 2.05) is 6.92 Å². The van der Waals surface area contributed by atoms with Crippen LogP contribution in [0.3, 0.4) is 0 Å². The largest absolute Gasteiger partial charge is 0.465 e. The Morgan fingerprint density at radius 1 is 1.12 bits per heavy atom. The molecule has 11 heteroatoms. The average Bonchev–Trinajstić information content (AvgIpc) is 3.17. The van der Waals surface area contributed by atoms with Crippen molar-refractivity contribution in [3.63, 3.8) is 0 Å². The van der Waals surface area contributed by atoms with Crippen molar-refractivity contribution in [3.8, 4) is 0 Å². The topological polar surface area (TPSA) is 119 Å². The summed E-state index contributed by atoms with van der Waals surface area (Å²) in [6.07, 6.45) is 0.680. The summed E-state index contributed by atoms with van der Waals surface area (Å²) in [7, 11) is -1.18. The second kappa shape index (κ2) is 9.82. The summed E-state index contributed by atoms with van der Waals surface area (Å²) in [4.78, 5) is 24.5. The Hall–Kier alpha value is -3.73. The van der Waals surface area contributed by atoms with Crippen molar-refractivity contribution in [1.29, 1.82) is 0 Å². The Labute approximate surface area is 190 Å². The van der Waals surface area contributed by atoms with Crippen LogP contribution < -0.4 is 10.0 Å². The number of methoxy groups -OCH3 is 1. The fourth-order valence-corrected chi connectivity index (χ4v) is 4.14. The number of aromatic nitrogens is 2. The van der Waals surface area contributed by atoms with Crippen LogP contribution in [0.1, 0.15) is 39.0 Å². The van der Waals surface area contributed by atoms with Gasteiger partial charge in [-0.3, -0.25) is 14.2 Å². The van der Waals surface area contributed by atoms with Crippen molar-refractivity contribution in [2.24, 2.45) is 7.05 Å². The van der Waals surface area contributed by atoms with Gasteiger partial charge in [0, 0.05) is 13.6 Å². The van der Waals surface area contributed by atoms with E-state index in [9.17, 15) is 22.4 Å². The molecule has 0 spiro atoms. The fraction of sp³-hybridized carbons (Fsp3) is 0.227. The quantitative estimate of drug-likeness (QED) is 0.485. The highest BCUT2D eigenvalue weighted by Gasteiger charge is 2.18. The van der Waals surface area contributed by atoms with Gasteiger partial charge in [0.05, 0.1) is 29.0 Å². The molecule has 0 aliphatic heterocycles. The Morgan fingerprint density at radius 3 is 2.42 bits per heavy atom. The molecule has 2 N–H and O–H groups in total. The molecule has 9 nitrogen and oxygen atoms in total. The molecule has 0 atom stereocenters. The van der Waals surface area contributed by atoms with Crippen molar-refractivity contribution in [2.45, 2.75) is 24.8 Å². The molecule has 0 saturated heterocycles. The third-order valence-corrected chi connectivity index (χ3v) is 6.17. The van der Waals surface area contributed by atoms with E-state index < -0.39 is 21.8 Å². The first kappa shape index (κ1) is 23.9. The number of esters is 1. The van der Waals surface area contributed by atoms with E-state index in [4.69, 9.17) is 4.74 Å². The van der Waals surface area contributed by atoms with Crippen LogP contribution in [-0.2, 0) is 34.8 Å². The number of halogens is 1. The van der Waals surface area contributed by atoms with Crippen LogP contribution in [0, 0.1) is 5.82 Å². The van der Waals surface area contributed by atoms with E-state index in [1.165, 1.54) is 30.0 Å². The Balaban J connectivity index is 1.85. The zero-order valence-electron chi connectivity index (χ0n) is 18.3. The third kappa shape index (κ3) is 5.75. The van der Waals surface area contributed by atoms with Gasteiger partial charge in [-0.2, -0.15) is 5.10 Å². The summed E-state index contributed by atoms with van der Waals surface area (Å²) in [5.74, 6) is -1.62. The lowest BCUT2D eigenvalue weighted by molar-refractivity contribution is 0.0600. The Morgan fingerprint density at radius 2 is 1.82 bits per heavy atom. The minimum absolute atomic E-state index is 0.0155. The number of amides is 1. The first-order chi connectivity index (χ1) is 15.6. The van der Waals surface area contributed by atoms with Crippen LogP contribution >= 0.6 is 0 Å². The van der Waals surface area contributed by atoms with Crippen LogP contribution in [0.25, 0.3) is 0 Å². The van der Waals surface area contributed by atoms with Crippen LogP contribution in [0.5, 0.6) is 0 Å². The molecule has 0 aliphatic carbocycles. The first-order valence-corrected chi connectivity index (χ1v) is 11.4. The summed E-state index contributed by atoms with van der Waals surface area (Å²) in [6.45, 7) is 1.94. The van der Waals surface area contributed by atoms with Gasteiger partial charge in [0.25, 0.3) is 15.9 Å². The highest BCUT2D eigenvalue weighted by molar-refractivity contribution is 7.92. The number of anilines is 1. The SMILES string of the molecule is CCc1cc(C(=O)NCc2cc(NS(=O)(=O)c3ccc(F)cc3)cc(C(=O)OC)c2)n(C)n1. The molecule has 174 valence electrons. The van der Waals surface area contributed by atoms with E-state index in [0.29, 0.717) is 17.7 Å². The van der Waals surface area contributed by atoms with Gasteiger partial charge in [0.2, 0.25) is 0 Å². The van der Waals surface area contributed by atoms with Gasteiger partial charge >= 0.3 is 5.97 Å². The predicted molar refractivity (Wildman–Crippen MR) is 119 cm³/mol. The standard InChI is InChI=1S/C22H23FN4O5S/c1-4-17-12-20(27(2)25-17)21(28)24-13-14-9-15(22(29)32-3)11-18(10-14)26-33(30,31)19-7-5-16(23)6-8-19/h5-12,26H,4,13H2,1-3H3,(H,24,28). The minimum Gasteiger partial charge on any atom is -0.465 e. The second-order valence-electron chi connectivity index (χ2n) is 7.15. The molecule has 33 heavy (non-hydrogen) atoms. The van der Waals surface area contributed by atoms with Crippen molar-refractivity contribution in [2.75, 3.05) is 11.8 Å². The van der Waals surface area contributed by atoms with Crippen molar-refractivity contribution in [3.05, 3.63) is 76.9 Å². The molecule has 1 heterocycles. The molecule has 0 unspecified atom stereocenters. The Bertz CT molecular complexity index is 1290. The lowest BCUT2D eigenvalue weighted by atomic mass is 10.1. The molecule has 0 bridgehead atoms. The summed E-state index contributed by atoms with van der Waals surface area (Å²) < 4.78 is 47.1. The zero-order valence-corrected chi connectivity index (χ0v) is 19.1. The molecule has 3 aromatic rings. The first-order valence-electron chi connectivity index (χ1n) is 9.94. The van der Waals surface area contributed by atoms with E-state index >= 15 is 0 Å². The van der Waals surface area contributed by atoms with E-state index in [-0.39, 0.29) is 28.6 Å². The van der Waals surface area contributed by atoms with Gasteiger partial charge in [-0.1, -0.05) is 6.92 Å². The third-order valence-electron chi connectivity index (χ3n) is 4.77. The van der Waals surface area contributed by atoms with Crippen LogP contribution in [0.4, 0.5) is 10.1 Å². The highest BCUT2D eigenvalue weighted by Crippen LogP contribution is 2.21. The van der Waals surface area contributed by atoms with E-state index in [1.54, 1.807) is 13.1 Å². The molecule has 0 aliphatic rings. The number of nitrogens with zero attached hydrogens (tertiary/aromatic N) is 2. The number of nitrogens with one attached hydrogen (secondary N) is 2. The smallest absolute Gasteiger partial charge is 0.337 e. The van der Waals surface area contributed by atoms with Crippen LogP contribution in [0.2, 0.25) is 0 Å². The number of carbonyl (C=O) groups excluding carboxylic acids is 2. The molecular formula is C22H23FN4O5S. The molecule has 0 radical (unpaired) electrons. The predicted octanol–water partition coefficient (Wildman–Crippen LogP) is 2.64. The van der Waals surface area contributed by atoms with Gasteiger partial charge in [-0.25, -0.2) is 17.6 Å². The van der Waals surface area contributed by atoms with Gasteiger partial charge < -0.3 is 10.1 Å². The fourth-order valence-electron chi connectivity index (χ4n) is 3.10. The maximum Gasteiger partial charge on any atom is 0.337 e. The number of carbonyl (C=O) groups is 2. The number of benzene rings is 2. The molecule has 1 aromatic heterocycles. The number of ether oxygens (including phenoxy) is 1. The lowest BCUT2D eigenvalue weighted by Crippen LogP contribution is -2.25. The maximum atomic E-state index is 13.1. The van der Waals surface area contributed by atoms with Gasteiger partial charge in [-0.15, -0.1) is 0 Å². The summed E-state index contributed by atoms with van der Waals surface area (Å²) in [5.41, 5.74) is 1.78. The number of hydrogen-bond acceptors (Lipinski definition) is 6. The number of hydrogen-bond donors (Lipinski definition) is 2. The highest BCUT2D eigenvalue weighted by atomic mass is 32.2. The number of aryl methyl sites for hydroxylation is 2. The molecular weight excluding hydrogens is 451 g/mol. The minimum atomic E-state index is -4.04. The molecule has 0 saturated carbocycles. The second-order valence-corrected chi connectivity index (χ2v) is 8.83. The van der Waals surface area contributed by atoms with Gasteiger partial charge in [0.1, 0.15) is 11.5 Å². The van der Waals surface area contributed by atoms with Crippen molar-refractivity contribution < 1.29 is 27.1 Å². The van der Waals surface area contributed by atoms with E-state index in [0.717, 1.165) is 30.0 Å². The molecule has 2 aromatic carbocycles. The zero-order chi connectivity index (χ0) is 24.2. The summed E-state index contributed by atoms with van der Waals surface area (Å²) in [5, 5.41) is 6.97. The van der Waals surface area contributed by atoms with Crippen LogP contribution in [-0.4, -0.2) is 37.2 Å². The summed E-state index contributed by atoms with van der Waals surface area (Å²) in [6, 6.07) is 10.3. The lowest BCUT2D eigenvalue weighted by Gasteiger charge is -2.12. The summed E-state index contributed by atoms with van der Waals surface area (Å²) >= 11 is 0. The molecule has 1 amide bonds.